The minimum absolute atomic E-state index is 0.318. The standard InChI is InChI=1S/C7H5ClN2.C5H10O2/c8-7-5-1-3-9-6(5)2-4-10-7;1-5(2,3)7-4-6/h1-4,9H;4H,1-3H3. The Balaban J connectivity index is 0.000000185. The summed E-state index contributed by atoms with van der Waals surface area (Å²) in [6.07, 6.45) is 3.53. The number of H-pyrrole nitrogens is 1. The molecule has 0 aromatic carbocycles. The van der Waals surface area contributed by atoms with E-state index in [0.717, 1.165) is 10.9 Å². The number of rotatable bonds is 1. The van der Waals surface area contributed by atoms with E-state index >= 15 is 0 Å². The zero-order chi connectivity index (χ0) is 12.9. The third-order valence-corrected chi connectivity index (χ3v) is 2.13. The van der Waals surface area contributed by atoms with Crippen molar-refractivity contribution in [1.82, 2.24) is 9.97 Å². The summed E-state index contributed by atoms with van der Waals surface area (Å²) in [5.74, 6) is 0. The molecular formula is C12H15ClN2O2. The number of halogens is 1. The van der Waals surface area contributed by atoms with Gasteiger partial charge in [-0.2, -0.15) is 0 Å². The van der Waals surface area contributed by atoms with Gasteiger partial charge in [0.15, 0.2) is 0 Å². The van der Waals surface area contributed by atoms with Gasteiger partial charge in [-0.15, -0.1) is 0 Å². The monoisotopic (exact) mass is 254 g/mol. The first-order valence-electron chi connectivity index (χ1n) is 5.13. The van der Waals surface area contributed by atoms with Crippen LogP contribution in [0.4, 0.5) is 0 Å². The molecule has 0 amide bonds. The summed E-state index contributed by atoms with van der Waals surface area (Å²) in [7, 11) is 0. The number of aromatic amines is 1. The van der Waals surface area contributed by atoms with Crippen LogP contribution in [0.1, 0.15) is 20.8 Å². The SMILES string of the molecule is CC(C)(C)OC=O.Clc1nccc2[nH]ccc12. The van der Waals surface area contributed by atoms with Gasteiger partial charge in [0.25, 0.3) is 6.47 Å². The third kappa shape index (κ3) is 4.44. The molecule has 17 heavy (non-hydrogen) atoms. The molecule has 92 valence electrons. The molecule has 0 aliphatic rings. The first kappa shape index (κ1) is 13.5. The number of aromatic nitrogens is 2. The first-order chi connectivity index (χ1) is 7.94. The molecule has 0 aliphatic heterocycles. The van der Waals surface area contributed by atoms with Gasteiger partial charge in [0.2, 0.25) is 0 Å². The number of nitrogens with one attached hydrogen (secondary N) is 1. The van der Waals surface area contributed by atoms with Crippen LogP contribution in [-0.2, 0) is 9.53 Å². The Hall–Kier alpha value is -1.55. The Morgan fingerprint density at radius 3 is 2.59 bits per heavy atom. The fraction of sp³-hybridized carbons (Fsp3) is 0.333. The molecule has 2 aromatic heterocycles. The van der Waals surface area contributed by atoms with Crippen molar-refractivity contribution < 1.29 is 9.53 Å². The van der Waals surface area contributed by atoms with Gasteiger partial charge in [0.05, 0.1) is 5.52 Å². The molecule has 2 heterocycles. The molecule has 0 unspecified atom stereocenters. The summed E-state index contributed by atoms with van der Waals surface area (Å²) < 4.78 is 4.55. The van der Waals surface area contributed by atoms with Gasteiger partial charge in [-0.1, -0.05) is 11.6 Å². The minimum atomic E-state index is -0.318. The molecule has 5 heteroatoms. The van der Waals surface area contributed by atoms with E-state index in [1.807, 2.05) is 39.1 Å². The van der Waals surface area contributed by atoms with Gasteiger partial charge in [-0.05, 0) is 32.9 Å². The van der Waals surface area contributed by atoms with Gasteiger partial charge in [-0.25, -0.2) is 4.98 Å². The average molecular weight is 255 g/mol. The molecule has 0 radical (unpaired) electrons. The Labute approximate surface area is 105 Å². The first-order valence-corrected chi connectivity index (χ1v) is 5.51. The Morgan fingerprint density at radius 1 is 1.41 bits per heavy atom. The van der Waals surface area contributed by atoms with E-state index < -0.39 is 0 Å². The molecule has 0 aliphatic carbocycles. The fourth-order valence-electron chi connectivity index (χ4n) is 1.09. The highest BCUT2D eigenvalue weighted by atomic mass is 35.5. The molecule has 0 bridgehead atoms. The van der Waals surface area contributed by atoms with Crippen molar-refractivity contribution in [2.45, 2.75) is 26.4 Å². The molecule has 2 aromatic rings. The summed E-state index contributed by atoms with van der Waals surface area (Å²) in [5.41, 5.74) is 0.710. The van der Waals surface area contributed by atoms with Crippen molar-refractivity contribution in [3.63, 3.8) is 0 Å². The van der Waals surface area contributed by atoms with E-state index in [9.17, 15) is 4.79 Å². The molecule has 0 spiro atoms. The Morgan fingerprint density at radius 2 is 2.12 bits per heavy atom. The maximum Gasteiger partial charge on any atom is 0.293 e. The lowest BCUT2D eigenvalue weighted by Gasteiger charge is -2.14. The van der Waals surface area contributed by atoms with Gasteiger partial charge >= 0.3 is 0 Å². The van der Waals surface area contributed by atoms with E-state index in [2.05, 4.69) is 14.7 Å². The predicted octanol–water partition coefficient (Wildman–Crippen LogP) is 3.17. The zero-order valence-corrected chi connectivity index (χ0v) is 10.8. The van der Waals surface area contributed by atoms with Crippen LogP contribution in [0.3, 0.4) is 0 Å². The predicted molar refractivity (Wildman–Crippen MR) is 68.0 cm³/mol. The van der Waals surface area contributed by atoms with Gasteiger partial charge in [-0.3, -0.25) is 4.79 Å². The average Bonchev–Trinajstić information content (AvgIpc) is 2.66. The molecule has 0 atom stereocenters. The van der Waals surface area contributed by atoms with Gasteiger partial charge < -0.3 is 9.72 Å². The quantitative estimate of drug-likeness (QED) is 0.628. The minimum Gasteiger partial charge on any atom is -0.462 e. The Bertz CT molecular complexity index is 488. The van der Waals surface area contributed by atoms with Crippen LogP contribution >= 0.6 is 11.6 Å². The van der Waals surface area contributed by atoms with Crippen molar-refractivity contribution >= 4 is 29.0 Å². The molecule has 4 nitrogen and oxygen atoms in total. The summed E-state index contributed by atoms with van der Waals surface area (Å²) in [6.45, 7) is 5.92. The van der Waals surface area contributed by atoms with Gasteiger partial charge in [0.1, 0.15) is 10.8 Å². The van der Waals surface area contributed by atoms with E-state index in [1.54, 1.807) is 6.20 Å². The maximum absolute atomic E-state index is 9.60. The van der Waals surface area contributed by atoms with Crippen LogP contribution in [-0.4, -0.2) is 22.0 Å². The molecular weight excluding hydrogens is 240 g/mol. The zero-order valence-electron chi connectivity index (χ0n) is 10.0. The van der Waals surface area contributed by atoms with Crippen molar-refractivity contribution in [1.29, 1.82) is 0 Å². The molecule has 0 fully saturated rings. The summed E-state index contributed by atoms with van der Waals surface area (Å²) >= 11 is 5.77. The van der Waals surface area contributed by atoms with E-state index in [4.69, 9.17) is 11.6 Å². The van der Waals surface area contributed by atoms with Crippen molar-refractivity contribution in [2.75, 3.05) is 0 Å². The number of carbonyl (C=O) groups is 1. The number of fused-ring (bicyclic) bond motifs is 1. The van der Waals surface area contributed by atoms with Crippen LogP contribution in [0.15, 0.2) is 24.5 Å². The molecule has 0 saturated heterocycles. The number of pyridine rings is 1. The number of nitrogens with zero attached hydrogens (tertiary/aromatic N) is 1. The van der Waals surface area contributed by atoms with Crippen LogP contribution in [0.5, 0.6) is 0 Å². The second-order valence-electron chi connectivity index (χ2n) is 4.37. The lowest BCUT2D eigenvalue weighted by Crippen LogP contribution is -2.17. The summed E-state index contributed by atoms with van der Waals surface area (Å²) in [6, 6.07) is 3.80. The van der Waals surface area contributed by atoms with E-state index in [0.29, 0.717) is 11.6 Å². The second-order valence-corrected chi connectivity index (χ2v) is 4.73. The molecule has 0 saturated carbocycles. The maximum atomic E-state index is 9.60. The largest absolute Gasteiger partial charge is 0.462 e. The summed E-state index contributed by atoms with van der Waals surface area (Å²) in [5, 5.41) is 1.53. The van der Waals surface area contributed by atoms with E-state index in [1.165, 1.54) is 0 Å². The lowest BCUT2D eigenvalue weighted by atomic mass is 10.2. The van der Waals surface area contributed by atoms with E-state index in [-0.39, 0.29) is 5.60 Å². The highest BCUT2D eigenvalue weighted by molar-refractivity contribution is 6.34. The van der Waals surface area contributed by atoms with Crippen molar-refractivity contribution in [3.05, 3.63) is 29.7 Å². The fourth-order valence-corrected chi connectivity index (χ4v) is 1.31. The van der Waals surface area contributed by atoms with Crippen molar-refractivity contribution in [3.8, 4) is 0 Å². The van der Waals surface area contributed by atoms with Crippen LogP contribution in [0.25, 0.3) is 10.9 Å². The number of hydrogen-bond donors (Lipinski definition) is 1. The third-order valence-electron chi connectivity index (χ3n) is 1.83. The number of ether oxygens (including phenoxy) is 1. The Kier molecular flexibility index (Phi) is 4.52. The highest BCUT2D eigenvalue weighted by Crippen LogP contribution is 2.18. The second kappa shape index (κ2) is 5.68. The van der Waals surface area contributed by atoms with Crippen LogP contribution in [0.2, 0.25) is 5.15 Å². The highest BCUT2D eigenvalue weighted by Gasteiger charge is 2.07. The topological polar surface area (TPSA) is 55.0 Å². The summed E-state index contributed by atoms with van der Waals surface area (Å²) in [4.78, 5) is 16.6. The lowest BCUT2D eigenvalue weighted by molar-refractivity contribution is -0.138. The number of carbonyl (C=O) groups excluding carboxylic acids is 1. The van der Waals surface area contributed by atoms with Crippen molar-refractivity contribution in [2.24, 2.45) is 0 Å². The van der Waals surface area contributed by atoms with Crippen LogP contribution < -0.4 is 0 Å². The normalized spacial score (nSPS) is 10.6. The molecule has 2 rings (SSSR count). The van der Waals surface area contributed by atoms with Gasteiger partial charge in [0, 0.05) is 17.8 Å². The smallest absolute Gasteiger partial charge is 0.293 e. The molecule has 1 N–H and O–H groups in total. The van der Waals surface area contributed by atoms with Crippen LogP contribution in [0, 0.1) is 0 Å². The number of hydrogen-bond acceptors (Lipinski definition) is 3.